The minimum atomic E-state index is -0.257. The van der Waals surface area contributed by atoms with Crippen LogP contribution in [-0.2, 0) is 6.42 Å². The molecule has 0 aromatic heterocycles. The highest BCUT2D eigenvalue weighted by molar-refractivity contribution is 6.64. The normalized spacial score (nSPS) is 15.4. The molecule has 0 saturated carbocycles. The topological polar surface area (TPSA) is 0 Å². The van der Waals surface area contributed by atoms with Crippen molar-refractivity contribution >= 4 is 20.2 Å². The van der Waals surface area contributed by atoms with E-state index in [0.717, 1.165) is 6.42 Å². The maximum Gasteiger partial charge on any atom is -0.000722 e. The Morgan fingerprint density at radius 1 is 1.31 bits per heavy atom. The van der Waals surface area contributed by atoms with Crippen LogP contribution < -0.4 is 0 Å². The van der Waals surface area contributed by atoms with E-state index in [2.05, 4.69) is 56.9 Å². The fraction of sp³-hybridized carbons (Fsp3) is 0.400. The largest absolute Gasteiger partial charge is 0.0969 e. The number of fused-ring (bicyclic) bond motifs is 1. The van der Waals surface area contributed by atoms with Crippen LogP contribution in [0.1, 0.15) is 36.5 Å². The van der Waals surface area contributed by atoms with Crippen molar-refractivity contribution in [3.63, 3.8) is 0 Å². The van der Waals surface area contributed by atoms with Crippen LogP contribution in [-0.4, -0.2) is 14.1 Å². The highest BCUT2D eigenvalue weighted by Crippen LogP contribution is 2.30. The molecule has 0 nitrogen and oxygen atoms in total. The predicted octanol–water partition coefficient (Wildman–Crippen LogP) is 3.89. The summed E-state index contributed by atoms with van der Waals surface area (Å²) in [4.78, 5) is 0. The molecule has 16 heavy (non-hydrogen) atoms. The Morgan fingerprint density at radius 3 is 2.75 bits per heavy atom. The van der Waals surface area contributed by atoms with Gasteiger partial charge in [0.25, 0.3) is 0 Å². The molecule has 0 N–H and O–H groups in total. The molecular formula is C15H20Si. The molecule has 1 aliphatic rings. The van der Waals surface area contributed by atoms with E-state index in [1.54, 1.807) is 0 Å². The highest BCUT2D eigenvalue weighted by atomic mass is 28.2. The number of allylic oxidation sites excluding steroid dienone is 1. The van der Waals surface area contributed by atoms with Gasteiger partial charge >= 0.3 is 0 Å². The number of benzene rings is 1. The second-order valence-corrected chi connectivity index (χ2v) is 7.61. The first-order chi connectivity index (χ1) is 7.58. The Hall–Kier alpha value is -0.953. The maximum atomic E-state index is 2.53. The number of rotatable bonds is 2. The minimum Gasteiger partial charge on any atom is -0.0969 e. The van der Waals surface area contributed by atoms with Gasteiger partial charge in [-0.25, -0.2) is 0 Å². The molecular weight excluding hydrogens is 208 g/mol. The summed E-state index contributed by atoms with van der Waals surface area (Å²) in [5.74, 6) is 0.598. The quantitative estimate of drug-likeness (QED) is 0.674. The monoisotopic (exact) mass is 228 g/mol. The standard InChI is InChI=1S/C15H20Si/c1-11-8-13-6-5-7-14(15(13)9-11)12(2)10-16(3)4/h5-7,9-10,12H,8H2,1-4H3. The van der Waals surface area contributed by atoms with E-state index >= 15 is 0 Å². The molecule has 1 heteroatoms. The fourth-order valence-electron chi connectivity index (χ4n) is 2.55. The van der Waals surface area contributed by atoms with Crippen molar-refractivity contribution in [2.24, 2.45) is 0 Å². The molecule has 1 unspecified atom stereocenters. The van der Waals surface area contributed by atoms with E-state index in [4.69, 9.17) is 0 Å². The van der Waals surface area contributed by atoms with Crippen molar-refractivity contribution < 1.29 is 0 Å². The smallest absolute Gasteiger partial charge is 0.000722 e. The zero-order chi connectivity index (χ0) is 11.7. The van der Waals surface area contributed by atoms with Crippen LogP contribution in [0, 0.1) is 0 Å². The SMILES string of the molecule is CC1=Cc2c(cccc2C(C)C=[Si](C)C)C1. The first-order valence-electron chi connectivity index (χ1n) is 6.02. The summed E-state index contributed by atoms with van der Waals surface area (Å²) in [6, 6.07) is 6.77. The Balaban J connectivity index is 2.43. The number of hydrogen-bond acceptors (Lipinski definition) is 0. The van der Waals surface area contributed by atoms with Crippen LogP contribution in [0.25, 0.3) is 6.08 Å². The first-order valence-corrected chi connectivity index (χ1v) is 8.59. The van der Waals surface area contributed by atoms with Gasteiger partial charge in [0.15, 0.2) is 0 Å². The van der Waals surface area contributed by atoms with E-state index < -0.39 is 0 Å². The van der Waals surface area contributed by atoms with Crippen LogP contribution >= 0.6 is 0 Å². The lowest BCUT2D eigenvalue weighted by molar-refractivity contribution is 1.04. The molecule has 1 aliphatic carbocycles. The van der Waals surface area contributed by atoms with E-state index in [-0.39, 0.29) is 8.41 Å². The highest BCUT2D eigenvalue weighted by Gasteiger charge is 2.15. The molecule has 84 valence electrons. The molecule has 0 fully saturated rings. The van der Waals surface area contributed by atoms with Gasteiger partial charge < -0.3 is 0 Å². The van der Waals surface area contributed by atoms with Gasteiger partial charge in [-0.15, -0.1) is 0 Å². The van der Waals surface area contributed by atoms with E-state index in [1.807, 2.05) is 0 Å². The summed E-state index contributed by atoms with van der Waals surface area (Å²) in [6.07, 6.45) is 3.51. The molecule has 2 rings (SSSR count). The zero-order valence-electron chi connectivity index (χ0n) is 10.7. The molecule has 0 spiro atoms. The summed E-state index contributed by atoms with van der Waals surface area (Å²) < 4.78 is 0. The van der Waals surface area contributed by atoms with E-state index in [9.17, 15) is 0 Å². The second-order valence-electron chi connectivity index (χ2n) is 5.12. The second kappa shape index (κ2) is 4.50. The molecule has 1 aromatic carbocycles. The average Bonchev–Trinajstić information content (AvgIpc) is 2.55. The molecule has 0 saturated heterocycles. The van der Waals surface area contributed by atoms with Gasteiger partial charge in [-0.05, 0) is 44.4 Å². The molecule has 0 radical (unpaired) electrons. The summed E-state index contributed by atoms with van der Waals surface area (Å²) in [7, 11) is -0.257. The third kappa shape index (κ3) is 2.24. The lowest BCUT2D eigenvalue weighted by Gasteiger charge is -2.12. The Morgan fingerprint density at radius 2 is 2.06 bits per heavy atom. The van der Waals surface area contributed by atoms with Crippen molar-refractivity contribution in [3.05, 3.63) is 40.5 Å². The molecule has 1 atom stereocenters. The van der Waals surface area contributed by atoms with Crippen molar-refractivity contribution in [2.45, 2.75) is 39.3 Å². The van der Waals surface area contributed by atoms with Crippen LogP contribution in [0.3, 0.4) is 0 Å². The number of hydrogen-bond donors (Lipinski definition) is 0. The van der Waals surface area contributed by atoms with Crippen molar-refractivity contribution in [1.29, 1.82) is 0 Å². The van der Waals surface area contributed by atoms with Gasteiger partial charge in [0.05, 0.1) is 0 Å². The van der Waals surface area contributed by atoms with E-state index in [1.165, 1.54) is 22.3 Å². The van der Waals surface area contributed by atoms with Gasteiger partial charge in [0, 0.05) is 0 Å². The van der Waals surface area contributed by atoms with E-state index in [0.29, 0.717) is 5.92 Å². The van der Waals surface area contributed by atoms with Gasteiger partial charge in [-0.3, -0.25) is 0 Å². The molecule has 0 heterocycles. The third-order valence-electron chi connectivity index (χ3n) is 3.16. The molecule has 0 amide bonds. The first kappa shape index (κ1) is 11.5. The summed E-state index contributed by atoms with van der Waals surface area (Å²) >= 11 is 0. The van der Waals surface area contributed by atoms with Crippen LogP contribution in [0.5, 0.6) is 0 Å². The zero-order valence-corrected chi connectivity index (χ0v) is 11.7. The predicted molar refractivity (Wildman–Crippen MR) is 75.8 cm³/mol. The summed E-state index contributed by atoms with van der Waals surface area (Å²) in [5, 5.41) is 0. The maximum absolute atomic E-state index is 2.53. The van der Waals surface area contributed by atoms with Crippen molar-refractivity contribution in [2.75, 3.05) is 0 Å². The van der Waals surface area contributed by atoms with Crippen molar-refractivity contribution in [3.8, 4) is 0 Å². The Kier molecular flexibility index (Phi) is 3.24. The van der Waals surface area contributed by atoms with Crippen LogP contribution in [0.2, 0.25) is 13.1 Å². The lowest BCUT2D eigenvalue weighted by atomic mass is 9.95. The summed E-state index contributed by atoms with van der Waals surface area (Å²) in [5.41, 5.74) is 8.54. The Bertz CT molecular complexity index is 462. The molecule has 0 aliphatic heterocycles. The lowest BCUT2D eigenvalue weighted by Crippen LogP contribution is -2.04. The van der Waals surface area contributed by atoms with Gasteiger partial charge in [-0.1, -0.05) is 55.5 Å². The van der Waals surface area contributed by atoms with Gasteiger partial charge in [0.2, 0.25) is 0 Å². The van der Waals surface area contributed by atoms with Gasteiger partial charge in [-0.2, -0.15) is 0 Å². The third-order valence-corrected chi connectivity index (χ3v) is 4.33. The van der Waals surface area contributed by atoms with Gasteiger partial charge in [0.1, 0.15) is 0 Å². The van der Waals surface area contributed by atoms with Crippen LogP contribution in [0.15, 0.2) is 23.8 Å². The minimum absolute atomic E-state index is 0.257. The molecule has 0 bridgehead atoms. The van der Waals surface area contributed by atoms with Crippen LogP contribution in [0.4, 0.5) is 0 Å². The molecule has 1 aromatic rings. The summed E-state index contributed by atoms with van der Waals surface area (Å²) in [6.45, 7) is 9.26. The Labute approximate surface area is 100 Å². The van der Waals surface area contributed by atoms with Crippen molar-refractivity contribution in [1.82, 2.24) is 0 Å². The average molecular weight is 228 g/mol. The fourth-order valence-corrected chi connectivity index (χ4v) is 3.73.